The van der Waals surface area contributed by atoms with Crippen LogP contribution in [0.3, 0.4) is 0 Å². The van der Waals surface area contributed by atoms with Gasteiger partial charge < -0.3 is 14.8 Å². The highest BCUT2D eigenvalue weighted by Crippen LogP contribution is 2.39. The molecule has 1 N–H and O–H groups in total. The summed E-state index contributed by atoms with van der Waals surface area (Å²) in [5, 5.41) is 3.49. The SMILES string of the molecule is CCOC(=O)c1c(NC(=O)c2cccc(OCC(C)C)c2)sc2c1CCC2. The van der Waals surface area contributed by atoms with E-state index < -0.39 is 0 Å². The number of ether oxygens (including phenoxy) is 2. The lowest BCUT2D eigenvalue weighted by molar-refractivity contribution is 0.0527. The summed E-state index contributed by atoms with van der Waals surface area (Å²) in [4.78, 5) is 26.3. The van der Waals surface area contributed by atoms with Crippen LogP contribution in [-0.2, 0) is 17.6 Å². The topological polar surface area (TPSA) is 64.6 Å². The molecule has 1 aliphatic rings. The van der Waals surface area contributed by atoms with Gasteiger partial charge in [0, 0.05) is 10.4 Å². The minimum atomic E-state index is -0.360. The summed E-state index contributed by atoms with van der Waals surface area (Å²) in [6.07, 6.45) is 2.84. The van der Waals surface area contributed by atoms with E-state index in [0.717, 1.165) is 24.8 Å². The molecule has 0 saturated heterocycles. The smallest absolute Gasteiger partial charge is 0.341 e. The molecule has 0 unspecified atom stereocenters. The highest BCUT2D eigenvalue weighted by molar-refractivity contribution is 7.17. The monoisotopic (exact) mass is 387 g/mol. The van der Waals surface area contributed by atoms with Crippen molar-refractivity contribution in [2.45, 2.75) is 40.0 Å². The van der Waals surface area contributed by atoms with Crippen molar-refractivity contribution >= 4 is 28.2 Å². The van der Waals surface area contributed by atoms with Crippen LogP contribution in [0, 0.1) is 5.92 Å². The van der Waals surface area contributed by atoms with Crippen LogP contribution in [-0.4, -0.2) is 25.1 Å². The zero-order valence-electron chi connectivity index (χ0n) is 16.0. The van der Waals surface area contributed by atoms with Crippen molar-refractivity contribution in [2.75, 3.05) is 18.5 Å². The van der Waals surface area contributed by atoms with Gasteiger partial charge in [0.05, 0.1) is 18.8 Å². The Bertz CT molecular complexity index is 841. The molecular formula is C21H25NO4S. The van der Waals surface area contributed by atoms with Gasteiger partial charge in [-0.25, -0.2) is 4.79 Å². The molecule has 3 rings (SSSR count). The van der Waals surface area contributed by atoms with Gasteiger partial charge in [-0.05, 0) is 55.9 Å². The maximum absolute atomic E-state index is 12.8. The zero-order valence-corrected chi connectivity index (χ0v) is 16.8. The van der Waals surface area contributed by atoms with Gasteiger partial charge in [-0.2, -0.15) is 0 Å². The van der Waals surface area contributed by atoms with E-state index in [-0.39, 0.29) is 11.9 Å². The zero-order chi connectivity index (χ0) is 19.4. The molecule has 1 aromatic carbocycles. The minimum absolute atomic E-state index is 0.254. The van der Waals surface area contributed by atoms with Gasteiger partial charge in [-0.15, -0.1) is 11.3 Å². The van der Waals surface area contributed by atoms with Crippen LogP contribution in [0.2, 0.25) is 0 Å². The largest absolute Gasteiger partial charge is 0.493 e. The summed E-state index contributed by atoms with van der Waals surface area (Å²) in [5.74, 6) is 0.454. The average Bonchev–Trinajstić information content (AvgIpc) is 3.21. The van der Waals surface area contributed by atoms with Crippen LogP contribution in [0.4, 0.5) is 5.00 Å². The molecule has 1 aliphatic carbocycles. The third-order valence-electron chi connectivity index (χ3n) is 4.31. The summed E-state index contributed by atoms with van der Waals surface area (Å²) in [5.41, 5.74) is 2.05. The van der Waals surface area contributed by atoms with Gasteiger partial charge in [-0.1, -0.05) is 19.9 Å². The Morgan fingerprint density at radius 1 is 1.26 bits per heavy atom. The van der Waals surface area contributed by atoms with E-state index in [2.05, 4.69) is 19.2 Å². The Balaban J connectivity index is 1.80. The number of amides is 1. The van der Waals surface area contributed by atoms with Gasteiger partial charge in [0.15, 0.2) is 0 Å². The Morgan fingerprint density at radius 2 is 2.07 bits per heavy atom. The van der Waals surface area contributed by atoms with Crippen molar-refractivity contribution in [1.82, 2.24) is 0 Å². The van der Waals surface area contributed by atoms with E-state index in [9.17, 15) is 9.59 Å². The number of carbonyl (C=O) groups is 2. The molecule has 5 nitrogen and oxygen atoms in total. The fourth-order valence-electron chi connectivity index (χ4n) is 3.08. The summed E-state index contributed by atoms with van der Waals surface area (Å²) < 4.78 is 10.9. The third-order valence-corrected chi connectivity index (χ3v) is 5.51. The van der Waals surface area contributed by atoms with E-state index in [1.54, 1.807) is 25.1 Å². The molecule has 2 aromatic rings. The summed E-state index contributed by atoms with van der Waals surface area (Å²) in [6.45, 7) is 6.83. The number of anilines is 1. The molecule has 6 heteroatoms. The number of nitrogens with one attached hydrogen (secondary N) is 1. The molecule has 144 valence electrons. The van der Waals surface area contributed by atoms with Gasteiger partial charge in [0.2, 0.25) is 0 Å². The number of thiophene rings is 1. The molecule has 0 saturated carbocycles. The number of rotatable bonds is 7. The second-order valence-electron chi connectivity index (χ2n) is 6.97. The highest BCUT2D eigenvalue weighted by Gasteiger charge is 2.28. The first kappa shape index (κ1) is 19.4. The van der Waals surface area contributed by atoms with Crippen LogP contribution in [0.1, 0.15) is 58.3 Å². The number of fused-ring (bicyclic) bond motifs is 1. The van der Waals surface area contributed by atoms with Crippen LogP contribution in [0.15, 0.2) is 24.3 Å². The average molecular weight is 388 g/mol. The number of hydrogen-bond donors (Lipinski definition) is 1. The lowest BCUT2D eigenvalue weighted by atomic mass is 10.1. The lowest BCUT2D eigenvalue weighted by Crippen LogP contribution is -2.15. The Kier molecular flexibility index (Phi) is 6.16. The highest BCUT2D eigenvalue weighted by atomic mass is 32.1. The number of carbonyl (C=O) groups excluding carboxylic acids is 2. The molecule has 0 spiro atoms. The number of aryl methyl sites for hydroxylation is 1. The summed E-state index contributed by atoms with van der Waals surface area (Å²) in [7, 11) is 0. The molecule has 1 aromatic heterocycles. The number of hydrogen-bond acceptors (Lipinski definition) is 5. The van der Waals surface area contributed by atoms with Crippen LogP contribution in [0.5, 0.6) is 5.75 Å². The molecule has 0 fully saturated rings. The second-order valence-corrected chi connectivity index (χ2v) is 8.07. The summed E-state index contributed by atoms with van der Waals surface area (Å²) >= 11 is 1.48. The predicted octanol–water partition coefficient (Wildman–Crippen LogP) is 4.70. The van der Waals surface area contributed by atoms with Crippen molar-refractivity contribution in [1.29, 1.82) is 0 Å². The second kappa shape index (κ2) is 8.57. The van der Waals surface area contributed by atoms with Crippen LogP contribution < -0.4 is 10.1 Å². The van der Waals surface area contributed by atoms with Crippen molar-refractivity contribution in [3.8, 4) is 5.75 Å². The standard InChI is InChI=1S/C21H25NO4S/c1-4-25-21(24)18-16-9-6-10-17(16)27-20(18)22-19(23)14-7-5-8-15(11-14)26-12-13(2)3/h5,7-8,11,13H,4,6,9-10,12H2,1-3H3,(H,22,23). The molecule has 0 atom stereocenters. The molecule has 1 heterocycles. The fourth-order valence-corrected chi connectivity index (χ4v) is 4.35. The Labute approximate surface area is 163 Å². The van der Waals surface area contributed by atoms with E-state index in [4.69, 9.17) is 9.47 Å². The Morgan fingerprint density at radius 3 is 2.81 bits per heavy atom. The summed E-state index contributed by atoms with van der Waals surface area (Å²) in [6, 6.07) is 7.10. The first-order valence-corrected chi connectivity index (χ1v) is 10.2. The third kappa shape index (κ3) is 4.50. The van der Waals surface area contributed by atoms with Gasteiger partial charge in [0.25, 0.3) is 5.91 Å². The maximum Gasteiger partial charge on any atom is 0.341 e. The lowest BCUT2D eigenvalue weighted by Gasteiger charge is -2.11. The van der Waals surface area contributed by atoms with Crippen molar-refractivity contribution in [3.63, 3.8) is 0 Å². The quantitative estimate of drug-likeness (QED) is 0.700. The molecule has 1 amide bonds. The molecule has 0 aliphatic heterocycles. The number of benzene rings is 1. The van der Waals surface area contributed by atoms with E-state index in [1.807, 2.05) is 6.07 Å². The normalized spacial score (nSPS) is 12.7. The molecule has 27 heavy (non-hydrogen) atoms. The first-order chi connectivity index (χ1) is 13.0. The molecule has 0 radical (unpaired) electrons. The van der Waals surface area contributed by atoms with E-state index >= 15 is 0 Å². The molecule has 0 bridgehead atoms. The van der Waals surface area contributed by atoms with Gasteiger partial charge in [-0.3, -0.25) is 4.79 Å². The van der Waals surface area contributed by atoms with E-state index in [0.29, 0.717) is 41.0 Å². The van der Waals surface area contributed by atoms with Gasteiger partial charge in [0.1, 0.15) is 10.8 Å². The van der Waals surface area contributed by atoms with Crippen LogP contribution in [0.25, 0.3) is 0 Å². The maximum atomic E-state index is 12.8. The van der Waals surface area contributed by atoms with Crippen molar-refractivity contribution in [3.05, 3.63) is 45.8 Å². The van der Waals surface area contributed by atoms with Gasteiger partial charge >= 0.3 is 5.97 Å². The number of esters is 1. The first-order valence-electron chi connectivity index (χ1n) is 9.35. The predicted molar refractivity (Wildman–Crippen MR) is 107 cm³/mol. The van der Waals surface area contributed by atoms with Crippen LogP contribution >= 0.6 is 11.3 Å². The molecular weight excluding hydrogens is 362 g/mol. The van der Waals surface area contributed by atoms with E-state index in [1.165, 1.54) is 16.2 Å². The minimum Gasteiger partial charge on any atom is -0.493 e. The van der Waals surface area contributed by atoms with Crippen molar-refractivity contribution < 1.29 is 19.1 Å². The fraction of sp³-hybridized carbons (Fsp3) is 0.429. The Hall–Kier alpha value is -2.34. The van der Waals surface area contributed by atoms with Crippen molar-refractivity contribution in [2.24, 2.45) is 5.92 Å².